The Morgan fingerprint density at radius 2 is 1.11 bits per heavy atom. The second-order valence-electron chi connectivity index (χ2n) is 0.448. The van der Waals surface area contributed by atoms with Crippen molar-refractivity contribution >= 4 is 79.1 Å². The van der Waals surface area contributed by atoms with Gasteiger partial charge in [-0.2, -0.15) is 8.42 Å². The van der Waals surface area contributed by atoms with Crippen LogP contribution in [0.15, 0.2) is 0 Å². The molecule has 56 valence electrons. The first kappa shape index (κ1) is 29.6. The minimum absolute atomic E-state index is 0. The zero-order valence-electron chi connectivity index (χ0n) is 2.84. The van der Waals surface area contributed by atoms with Crippen molar-refractivity contribution < 1.29 is 51.4 Å². The first-order valence-corrected chi connectivity index (χ1v) is 2.10. The first-order chi connectivity index (χ1) is 2.00. The van der Waals surface area contributed by atoms with Crippen molar-refractivity contribution in [2.75, 3.05) is 0 Å². The average molecular weight is 279 g/mol. The van der Waals surface area contributed by atoms with Gasteiger partial charge in [0.05, 0.1) is 0 Å². The van der Waals surface area contributed by atoms with E-state index in [2.05, 4.69) is 0 Å². The molecule has 2 N–H and O–H groups in total. The van der Waals surface area contributed by atoms with Gasteiger partial charge in [0.25, 0.3) is 0 Å². The maximum Gasteiger partial charge on any atom is 0 e. The molecule has 9 heavy (non-hydrogen) atoms. The molecule has 0 heterocycles. The SMILES string of the molecule is O=S(=O)(O)O.[AlH3].[Cr].[KH].[Ni]. The molecule has 4 nitrogen and oxygen atoms in total. The van der Waals surface area contributed by atoms with Gasteiger partial charge in [0.2, 0.25) is 0 Å². The Kier molecular flexibility index (Phi) is 44.9. The average Bonchev–Trinajstić information content (AvgIpc) is 0.722. The maximum atomic E-state index is 8.74. The molecule has 0 saturated heterocycles. The van der Waals surface area contributed by atoms with Crippen LogP contribution in [0, 0.1) is 0 Å². The first-order valence-electron chi connectivity index (χ1n) is 0.698. The molecule has 0 atom stereocenters. The fraction of sp³-hybridized carbons (Fsp3) is 0. The van der Waals surface area contributed by atoms with Gasteiger partial charge >= 0.3 is 61.8 Å². The summed E-state index contributed by atoms with van der Waals surface area (Å²) in [5.41, 5.74) is 0. The van der Waals surface area contributed by atoms with E-state index in [4.69, 9.17) is 17.5 Å². The number of hydrogen-bond donors (Lipinski definition) is 2. The van der Waals surface area contributed by atoms with Crippen LogP contribution in [-0.2, 0) is 44.3 Å². The molecule has 0 unspecified atom stereocenters. The topological polar surface area (TPSA) is 74.6 Å². The molecule has 9 heteroatoms. The summed E-state index contributed by atoms with van der Waals surface area (Å²) >= 11 is 0. The minimum Gasteiger partial charge on any atom is 0 e. The molecule has 0 aromatic rings. The number of hydrogen-bond acceptors (Lipinski definition) is 2. The van der Waals surface area contributed by atoms with Gasteiger partial charge in [-0.05, 0) is 0 Å². The molecule has 0 aromatic carbocycles. The number of rotatable bonds is 0. The van der Waals surface area contributed by atoms with Gasteiger partial charge < -0.3 is 0 Å². The fourth-order valence-corrected chi connectivity index (χ4v) is 0. The van der Waals surface area contributed by atoms with Crippen molar-refractivity contribution in [2.24, 2.45) is 0 Å². The second-order valence-corrected chi connectivity index (χ2v) is 1.34. The van der Waals surface area contributed by atoms with E-state index in [9.17, 15) is 0 Å². The van der Waals surface area contributed by atoms with E-state index >= 15 is 0 Å². The molecular weight excluding hydrogens is 273 g/mol. The molecule has 0 amide bonds. The van der Waals surface area contributed by atoms with Crippen LogP contribution >= 0.6 is 0 Å². The van der Waals surface area contributed by atoms with Crippen LogP contribution < -0.4 is 0 Å². The summed E-state index contributed by atoms with van der Waals surface area (Å²) in [6, 6.07) is 0. The van der Waals surface area contributed by atoms with Crippen LogP contribution in [0.3, 0.4) is 0 Å². The van der Waals surface area contributed by atoms with Gasteiger partial charge in [-0.1, -0.05) is 0 Å². The minimum atomic E-state index is -4.67. The maximum absolute atomic E-state index is 8.74. The Morgan fingerprint density at radius 3 is 1.11 bits per heavy atom. The third-order valence-corrected chi connectivity index (χ3v) is 0. The Morgan fingerprint density at radius 1 is 1.11 bits per heavy atom. The molecule has 0 saturated carbocycles. The smallest absolute Gasteiger partial charge is 0 e. The van der Waals surface area contributed by atoms with Crippen molar-refractivity contribution in [3.05, 3.63) is 0 Å². The van der Waals surface area contributed by atoms with E-state index in [1.165, 1.54) is 0 Å². The molecule has 0 aliphatic carbocycles. The molecular formula is H6AlCrKNiO4S. The normalized spacial score (nSPS) is 6.44. The zero-order valence-corrected chi connectivity index (χ0v) is 5.92. The molecule has 0 radical (unpaired) electrons. The zero-order chi connectivity index (χ0) is 4.50. The van der Waals surface area contributed by atoms with Gasteiger partial charge in [-0.3, -0.25) is 9.11 Å². The quantitative estimate of drug-likeness (QED) is 0.380. The fourth-order valence-electron chi connectivity index (χ4n) is 0. The van der Waals surface area contributed by atoms with Crippen LogP contribution in [0.2, 0.25) is 0 Å². The van der Waals surface area contributed by atoms with E-state index in [-0.39, 0.29) is 103 Å². The standard InChI is InChI=1S/Al.Cr.K.Ni.H2O4S.4H/c;;;;1-5(2,3)4;;;;/h;;;;(H2,1,2,3,4);;;;. The third-order valence-electron chi connectivity index (χ3n) is 0. The van der Waals surface area contributed by atoms with E-state index in [1.54, 1.807) is 0 Å². The predicted octanol–water partition coefficient (Wildman–Crippen LogP) is -2.49. The molecule has 0 aliphatic heterocycles. The van der Waals surface area contributed by atoms with E-state index in [1.807, 2.05) is 0 Å². The van der Waals surface area contributed by atoms with E-state index in [0.29, 0.717) is 0 Å². The van der Waals surface area contributed by atoms with E-state index in [0.717, 1.165) is 0 Å². The summed E-state index contributed by atoms with van der Waals surface area (Å²) in [5.74, 6) is 0. The van der Waals surface area contributed by atoms with Gasteiger partial charge in [0.15, 0.2) is 17.4 Å². The van der Waals surface area contributed by atoms with Gasteiger partial charge in [0.1, 0.15) is 0 Å². The Hall–Kier alpha value is 3.06. The monoisotopic (exact) mass is 278 g/mol. The van der Waals surface area contributed by atoms with Crippen molar-refractivity contribution in [3.8, 4) is 0 Å². The summed E-state index contributed by atoms with van der Waals surface area (Å²) in [7, 11) is -4.67. The Bertz CT molecular complexity index is 104. The summed E-state index contributed by atoms with van der Waals surface area (Å²) in [4.78, 5) is 0. The Labute approximate surface area is 128 Å². The van der Waals surface area contributed by atoms with Gasteiger partial charge in [0, 0.05) is 33.9 Å². The summed E-state index contributed by atoms with van der Waals surface area (Å²) < 4.78 is 31.6. The predicted molar refractivity (Wildman–Crippen MR) is 31.3 cm³/mol. The van der Waals surface area contributed by atoms with Crippen LogP contribution in [0.4, 0.5) is 0 Å². The largest absolute Gasteiger partial charge is 0 e. The molecule has 0 bridgehead atoms. The molecule has 0 fully saturated rings. The van der Waals surface area contributed by atoms with Crippen LogP contribution in [0.5, 0.6) is 0 Å². The van der Waals surface area contributed by atoms with E-state index < -0.39 is 10.4 Å². The van der Waals surface area contributed by atoms with Crippen molar-refractivity contribution in [3.63, 3.8) is 0 Å². The second kappa shape index (κ2) is 13.6. The van der Waals surface area contributed by atoms with Crippen molar-refractivity contribution in [1.82, 2.24) is 0 Å². The van der Waals surface area contributed by atoms with Gasteiger partial charge in [-0.15, -0.1) is 0 Å². The molecule has 0 aliphatic rings. The Balaban J connectivity index is -0.0000000133. The summed E-state index contributed by atoms with van der Waals surface area (Å²) in [5, 5.41) is 0. The molecule has 0 aromatic heterocycles. The third kappa shape index (κ3) is 96.8. The van der Waals surface area contributed by atoms with Crippen LogP contribution in [0.1, 0.15) is 0 Å². The molecule has 0 spiro atoms. The summed E-state index contributed by atoms with van der Waals surface area (Å²) in [6.07, 6.45) is 0. The summed E-state index contributed by atoms with van der Waals surface area (Å²) in [6.45, 7) is 0. The van der Waals surface area contributed by atoms with Gasteiger partial charge in [-0.25, -0.2) is 0 Å². The van der Waals surface area contributed by atoms with Crippen LogP contribution in [0.25, 0.3) is 0 Å². The van der Waals surface area contributed by atoms with Crippen LogP contribution in [-0.4, -0.2) is 86.3 Å². The molecule has 0 rings (SSSR count). The van der Waals surface area contributed by atoms with Crippen molar-refractivity contribution in [2.45, 2.75) is 0 Å². The van der Waals surface area contributed by atoms with Crippen molar-refractivity contribution in [1.29, 1.82) is 0 Å².